The van der Waals surface area contributed by atoms with Crippen LogP contribution in [0.2, 0.25) is 0 Å². The molecule has 1 unspecified atom stereocenters. The molecule has 0 bridgehead atoms. The molecule has 4 rings (SSSR count). The number of hydrogen-bond acceptors (Lipinski definition) is 9. The summed E-state index contributed by atoms with van der Waals surface area (Å²) in [6, 6.07) is 9.55. The molecular formula is C32H41F3N5O6P. The number of benzene rings is 2. The van der Waals surface area contributed by atoms with Crippen LogP contribution in [0.3, 0.4) is 0 Å². The van der Waals surface area contributed by atoms with Gasteiger partial charge in [-0.3, -0.25) is 9.32 Å². The van der Waals surface area contributed by atoms with Crippen molar-refractivity contribution in [3.05, 3.63) is 59.9 Å². The van der Waals surface area contributed by atoms with Crippen LogP contribution in [0.15, 0.2) is 48.5 Å². The van der Waals surface area contributed by atoms with E-state index in [2.05, 4.69) is 10.1 Å². The fourth-order valence-electron chi connectivity index (χ4n) is 5.03. The molecule has 256 valence electrons. The number of halogens is 3. The zero-order valence-corrected chi connectivity index (χ0v) is 27.9. The summed E-state index contributed by atoms with van der Waals surface area (Å²) < 4.78 is 78.7. The number of rotatable bonds is 16. The third-order valence-corrected chi connectivity index (χ3v) is 8.86. The molecule has 11 nitrogen and oxygen atoms in total. The van der Waals surface area contributed by atoms with Crippen LogP contribution >= 0.6 is 7.75 Å². The minimum absolute atomic E-state index is 0.150. The molecule has 0 aliphatic rings. The highest BCUT2D eigenvalue weighted by atomic mass is 31.2. The van der Waals surface area contributed by atoms with Gasteiger partial charge in [0, 0.05) is 12.0 Å². The summed E-state index contributed by atoms with van der Waals surface area (Å²) in [4.78, 5) is 22.0. The quantitative estimate of drug-likeness (QED) is 0.0899. The van der Waals surface area contributed by atoms with E-state index in [0.717, 1.165) is 42.5 Å². The molecule has 3 N–H and O–H groups in total. The van der Waals surface area contributed by atoms with Crippen molar-refractivity contribution < 1.29 is 41.1 Å². The Morgan fingerprint density at radius 1 is 1.06 bits per heavy atom. The maximum Gasteiger partial charge on any atom is 0.459 e. The highest BCUT2D eigenvalue weighted by molar-refractivity contribution is 7.52. The Labute approximate surface area is 271 Å². The van der Waals surface area contributed by atoms with Gasteiger partial charge < -0.3 is 24.3 Å². The van der Waals surface area contributed by atoms with Gasteiger partial charge in [-0.15, -0.1) is 0 Å². The van der Waals surface area contributed by atoms with Crippen LogP contribution in [0, 0.1) is 0 Å². The fraction of sp³-hybridized carbons (Fsp3) is 0.469. The molecule has 3 atom stereocenters. The second kappa shape index (κ2) is 15.5. The Morgan fingerprint density at radius 2 is 1.77 bits per heavy atom. The summed E-state index contributed by atoms with van der Waals surface area (Å²) in [5.74, 6) is -0.0766. The van der Waals surface area contributed by atoms with E-state index in [0.29, 0.717) is 35.4 Å². The van der Waals surface area contributed by atoms with E-state index >= 15 is 0 Å². The van der Waals surface area contributed by atoms with E-state index in [-0.39, 0.29) is 24.8 Å². The van der Waals surface area contributed by atoms with Gasteiger partial charge in [0.05, 0.1) is 35.3 Å². The molecule has 2 heterocycles. The van der Waals surface area contributed by atoms with Gasteiger partial charge in [0.25, 0.3) is 0 Å². The van der Waals surface area contributed by atoms with Crippen LogP contribution in [0.25, 0.3) is 21.9 Å². The molecule has 15 heteroatoms. The van der Waals surface area contributed by atoms with Crippen molar-refractivity contribution >= 4 is 41.5 Å². The number of nitrogens with one attached hydrogen (secondary N) is 1. The average Bonchev–Trinajstić information content (AvgIpc) is 3.39. The van der Waals surface area contributed by atoms with Crippen LogP contribution in [0.4, 0.5) is 19.0 Å². The number of para-hydroxylation sites is 1. The second-order valence-electron chi connectivity index (χ2n) is 11.3. The molecule has 0 amide bonds. The topological polar surface area (TPSA) is 140 Å². The summed E-state index contributed by atoms with van der Waals surface area (Å²) in [6.07, 6.45) is -2.87. The predicted octanol–water partition coefficient (Wildman–Crippen LogP) is 7.59. The number of unbranched alkanes of at least 4 members (excludes halogenated alkanes) is 1. The minimum atomic E-state index is -4.57. The number of nitrogens with two attached hydrogens (primary N) is 1. The Kier molecular flexibility index (Phi) is 11.9. The number of carbonyl (C=O) groups excluding carboxylic acids is 1. The van der Waals surface area contributed by atoms with Crippen molar-refractivity contribution in [1.82, 2.24) is 19.6 Å². The van der Waals surface area contributed by atoms with Crippen LogP contribution in [0.1, 0.15) is 71.3 Å². The van der Waals surface area contributed by atoms with E-state index in [4.69, 9.17) is 29.2 Å². The number of ether oxygens (including phenoxy) is 2. The molecule has 0 radical (unpaired) electrons. The molecule has 0 saturated carbocycles. The second-order valence-corrected chi connectivity index (χ2v) is 13.0. The lowest BCUT2D eigenvalue weighted by atomic mass is 10.1. The normalized spacial score (nSPS) is 14.7. The number of nitrogens with zero attached hydrogens (tertiary/aromatic N) is 3. The maximum atomic E-state index is 14.3. The minimum Gasteiger partial charge on any atom is -0.462 e. The van der Waals surface area contributed by atoms with E-state index in [9.17, 15) is 22.5 Å². The van der Waals surface area contributed by atoms with Gasteiger partial charge in [0.1, 0.15) is 29.7 Å². The molecular weight excluding hydrogens is 638 g/mol. The third kappa shape index (κ3) is 9.01. The number of fused-ring (bicyclic) bond motifs is 3. The number of anilines is 1. The smallest absolute Gasteiger partial charge is 0.459 e. The highest BCUT2D eigenvalue weighted by Crippen LogP contribution is 2.47. The van der Waals surface area contributed by atoms with Crippen molar-refractivity contribution in [2.75, 3.05) is 18.9 Å². The average molecular weight is 680 g/mol. The van der Waals surface area contributed by atoms with Gasteiger partial charge in [-0.1, -0.05) is 38.0 Å². The number of imidazole rings is 1. The molecule has 0 aliphatic heterocycles. The molecule has 47 heavy (non-hydrogen) atoms. The van der Waals surface area contributed by atoms with E-state index in [1.54, 1.807) is 13.8 Å². The predicted molar refractivity (Wildman–Crippen MR) is 173 cm³/mol. The van der Waals surface area contributed by atoms with Gasteiger partial charge >= 0.3 is 19.9 Å². The molecule has 0 saturated heterocycles. The molecule has 2 aromatic heterocycles. The molecule has 4 aromatic rings. The van der Waals surface area contributed by atoms with Crippen molar-refractivity contribution in [2.45, 2.75) is 84.9 Å². The van der Waals surface area contributed by atoms with Gasteiger partial charge in [0.2, 0.25) is 0 Å². The van der Waals surface area contributed by atoms with Crippen molar-refractivity contribution in [3.63, 3.8) is 0 Å². The Bertz CT molecular complexity index is 1710. The first kappa shape index (κ1) is 36.1. The largest absolute Gasteiger partial charge is 0.462 e. The van der Waals surface area contributed by atoms with Crippen molar-refractivity contribution in [1.29, 1.82) is 0 Å². The zero-order chi connectivity index (χ0) is 34.4. The lowest BCUT2D eigenvalue weighted by Gasteiger charge is -2.27. The fourth-order valence-corrected chi connectivity index (χ4v) is 6.55. The summed E-state index contributed by atoms with van der Waals surface area (Å²) in [5, 5.41) is 3.40. The van der Waals surface area contributed by atoms with Crippen LogP contribution in [-0.2, 0) is 36.1 Å². The molecule has 2 aromatic carbocycles. The number of nitrogen functional groups attached to an aromatic ring is 1. The first-order chi connectivity index (χ1) is 22.3. The Morgan fingerprint density at radius 3 is 2.40 bits per heavy atom. The Hall–Kier alpha value is -3.71. The van der Waals surface area contributed by atoms with Gasteiger partial charge in [-0.05, 0) is 64.4 Å². The Balaban J connectivity index is 1.76. The standard InChI is InChI=1S/C32H41F3N5O6P/c1-6-8-11-23(40-27(19-43-7-2)38-28-29(40)25-12-9-10-13-26(25)37-30(28)36)18-44-47(42,39-21(5)31(41)45-20(3)4)46-24-16-14-22(15-17-24)32(33,34)35/h9-10,12-17,20-21,23H,6-8,11,18-19H2,1-5H3,(H2,36,37)(H,39,42)/t21-,23-,47?/m0/s1. The van der Waals surface area contributed by atoms with E-state index < -0.39 is 43.6 Å². The van der Waals surface area contributed by atoms with Gasteiger partial charge in [-0.2, -0.15) is 18.3 Å². The van der Waals surface area contributed by atoms with E-state index in [1.165, 1.54) is 6.92 Å². The number of carbonyl (C=O) groups is 1. The maximum absolute atomic E-state index is 14.3. The lowest BCUT2D eigenvalue weighted by Crippen LogP contribution is -2.36. The highest BCUT2D eigenvalue weighted by Gasteiger charge is 2.35. The zero-order valence-electron chi connectivity index (χ0n) is 27.0. The lowest BCUT2D eigenvalue weighted by molar-refractivity contribution is -0.149. The van der Waals surface area contributed by atoms with Crippen LogP contribution in [-0.4, -0.2) is 45.9 Å². The van der Waals surface area contributed by atoms with Crippen LogP contribution < -0.4 is 15.3 Å². The summed E-state index contributed by atoms with van der Waals surface area (Å²) >= 11 is 0. The first-order valence-electron chi connectivity index (χ1n) is 15.5. The van der Waals surface area contributed by atoms with Crippen molar-refractivity contribution in [3.8, 4) is 5.75 Å². The third-order valence-electron chi connectivity index (χ3n) is 7.22. The number of aromatic nitrogens is 3. The molecule has 0 spiro atoms. The van der Waals surface area contributed by atoms with Crippen molar-refractivity contribution in [2.24, 2.45) is 0 Å². The van der Waals surface area contributed by atoms with Gasteiger partial charge in [-0.25, -0.2) is 14.5 Å². The van der Waals surface area contributed by atoms with E-state index in [1.807, 2.05) is 42.7 Å². The SMILES string of the molecule is CCCC[C@@H](COP(=O)(N[C@@H](C)C(=O)OC(C)C)Oc1ccc(C(F)(F)F)cc1)n1c(COCC)nc2c(N)nc3ccccc3c21. The number of hydrogen-bond donors (Lipinski definition) is 2. The number of pyridine rings is 1. The summed E-state index contributed by atoms with van der Waals surface area (Å²) in [7, 11) is -4.43. The number of alkyl halides is 3. The first-order valence-corrected chi connectivity index (χ1v) is 17.0. The number of esters is 1. The summed E-state index contributed by atoms with van der Waals surface area (Å²) in [5.41, 5.74) is 7.30. The monoisotopic (exact) mass is 679 g/mol. The van der Waals surface area contributed by atoms with Gasteiger partial charge in [0.15, 0.2) is 5.82 Å². The van der Waals surface area contributed by atoms with Crippen LogP contribution in [0.5, 0.6) is 5.75 Å². The molecule has 0 fully saturated rings. The summed E-state index contributed by atoms with van der Waals surface area (Å²) in [6.45, 7) is 9.04. The molecule has 0 aliphatic carbocycles.